The fraction of sp³-hybridized carbons (Fsp3) is 0.650. The maximum Gasteiger partial charge on any atom is 0.255 e. The molecule has 3 rings (SSSR count). The summed E-state index contributed by atoms with van der Waals surface area (Å²) in [4.78, 5) is 15.1. The largest absolute Gasteiger partial charge is 0.490 e. The van der Waals surface area contributed by atoms with E-state index >= 15 is 0 Å². The van der Waals surface area contributed by atoms with Crippen molar-refractivity contribution in [2.24, 2.45) is 5.92 Å². The summed E-state index contributed by atoms with van der Waals surface area (Å²) in [5.74, 6) is 1.17. The Morgan fingerprint density at radius 1 is 1.21 bits per heavy atom. The Balaban J connectivity index is 1.49. The SMILES string of the molecule is CC(CNC(=O)c1ccccc1OC1CCC1)CN1CCCCC1. The van der Waals surface area contributed by atoms with E-state index in [1.165, 1.54) is 38.8 Å². The number of carbonyl (C=O) groups excluding carboxylic acids is 1. The van der Waals surface area contributed by atoms with Gasteiger partial charge in [-0.2, -0.15) is 0 Å². The third-order valence-corrected chi connectivity index (χ3v) is 5.11. The van der Waals surface area contributed by atoms with Crippen molar-refractivity contribution in [2.75, 3.05) is 26.2 Å². The van der Waals surface area contributed by atoms with Gasteiger partial charge in [-0.3, -0.25) is 4.79 Å². The zero-order valence-corrected chi connectivity index (χ0v) is 14.8. The number of rotatable bonds is 7. The van der Waals surface area contributed by atoms with Crippen LogP contribution in [0.5, 0.6) is 5.75 Å². The van der Waals surface area contributed by atoms with E-state index in [0.717, 1.165) is 25.1 Å². The molecule has 0 bridgehead atoms. The maximum atomic E-state index is 12.5. The molecule has 1 unspecified atom stereocenters. The molecule has 1 saturated heterocycles. The lowest BCUT2D eigenvalue weighted by Gasteiger charge is -2.29. The molecule has 1 aromatic carbocycles. The second-order valence-corrected chi connectivity index (χ2v) is 7.34. The molecule has 1 heterocycles. The molecule has 1 aliphatic heterocycles. The third kappa shape index (κ3) is 4.73. The van der Waals surface area contributed by atoms with Crippen LogP contribution in [-0.4, -0.2) is 43.1 Å². The van der Waals surface area contributed by atoms with Gasteiger partial charge in [0.15, 0.2) is 0 Å². The number of ether oxygens (including phenoxy) is 1. The van der Waals surface area contributed by atoms with E-state index in [4.69, 9.17) is 4.74 Å². The average Bonchev–Trinajstić information content (AvgIpc) is 2.57. The topological polar surface area (TPSA) is 41.6 Å². The standard InChI is InChI=1S/C20H30N2O2/c1-16(15-22-12-5-2-6-13-22)14-21-20(23)18-10-3-4-11-19(18)24-17-8-7-9-17/h3-4,10-11,16-17H,2,5-9,12-15H2,1H3,(H,21,23). The number of hydrogen-bond acceptors (Lipinski definition) is 3. The molecule has 1 aliphatic carbocycles. The molecule has 0 radical (unpaired) electrons. The highest BCUT2D eigenvalue weighted by atomic mass is 16.5. The fourth-order valence-corrected chi connectivity index (χ4v) is 3.43. The number of nitrogens with one attached hydrogen (secondary N) is 1. The van der Waals surface area contributed by atoms with E-state index in [1.807, 2.05) is 24.3 Å². The highest BCUT2D eigenvalue weighted by molar-refractivity contribution is 5.96. The van der Waals surface area contributed by atoms with Gasteiger partial charge >= 0.3 is 0 Å². The Labute approximate surface area is 145 Å². The highest BCUT2D eigenvalue weighted by Gasteiger charge is 2.22. The molecule has 2 fully saturated rings. The van der Waals surface area contributed by atoms with Crippen LogP contribution in [0.15, 0.2) is 24.3 Å². The van der Waals surface area contributed by atoms with Gasteiger partial charge in [0, 0.05) is 13.1 Å². The minimum absolute atomic E-state index is 0.0181. The zero-order valence-electron chi connectivity index (χ0n) is 14.8. The number of hydrogen-bond donors (Lipinski definition) is 1. The van der Waals surface area contributed by atoms with Crippen molar-refractivity contribution in [3.05, 3.63) is 29.8 Å². The highest BCUT2D eigenvalue weighted by Crippen LogP contribution is 2.27. The average molecular weight is 330 g/mol. The molecule has 132 valence electrons. The van der Waals surface area contributed by atoms with E-state index < -0.39 is 0 Å². The Morgan fingerprint density at radius 3 is 2.67 bits per heavy atom. The van der Waals surface area contributed by atoms with Crippen LogP contribution in [0.2, 0.25) is 0 Å². The van der Waals surface area contributed by atoms with Gasteiger partial charge in [0.2, 0.25) is 0 Å². The van der Waals surface area contributed by atoms with Crippen molar-refractivity contribution < 1.29 is 9.53 Å². The summed E-state index contributed by atoms with van der Waals surface area (Å²) in [6, 6.07) is 7.60. The van der Waals surface area contributed by atoms with E-state index in [1.54, 1.807) is 0 Å². The van der Waals surface area contributed by atoms with E-state index in [-0.39, 0.29) is 12.0 Å². The summed E-state index contributed by atoms with van der Waals surface area (Å²) in [6.45, 7) is 6.41. The molecule has 4 nitrogen and oxygen atoms in total. The molecule has 1 saturated carbocycles. The number of benzene rings is 1. The number of para-hydroxylation sites is 1. The van der Waals surface area contributed by atoms with Crippen molar-refractivity contribution in [1.82, 2.24) is 10.2 Å². The normalized spacial score (nSPS) is 20.2. The van der Waals surface area contributed by atoms with Crippen molar-refractivity contribution in [3.63, 3.8) is 0 Å². The van der Waals surface area contributed by atoms with Crippen LogP contribution >= 0.6 is 0 Å². The smallest absolute Gasteiger partial charge is 0.255 e. The lowest BCUT2D eigenvalue weighted by molar-refractivity contribution is 0.0918. The summed E-state index contributed by atoms with van der Waals surface area (Å²) in [7, 11) is 0. The molecular weight excluding hydrogens is 300 g/mol. The first-order valence-electron chi connectivity index (χ1n) is 9.48. The van der Waals surface area contributed by atoms with Crippen LogP contribution in [0.1, 0.15) is 55.8 Å². The molecule has 2 aliphatic rings. The van der Waals surface area contributed by atoms with Crippen molar-refractivity contribution in [3.8, 4) is 5.75 Å². The Bertz CT molecular complexity index is 536. The Hall–Kier alpha value is -1.55. The van der Waals surface area contributed by atoms with Gasteiger partial charge in [-0.15, -0.1) is 0 Å². The van der Waals surface area contributed by atoms with Crippen LogP contribution < -0.4 is 10.1 Å². The Morgan fingerprint density at radius 2 is 1.96 bits per heavy atom. The zero-order chi connectivity index (χ0) is 16.8. The second-order valence-electron chi connectivity index (χ2n) is 7.34. The van der Waals surface area contributed by atoms with E-state index in [9.17, 15) is 4.79 Å². The monoisotopic (exact) mass is 330 g/mol. The van der Waals surface area contributed by atoms with Crippen molar-refractivity contribution in [1.29, 1.82) is 0 Å². The lowest BCUT2D eigenvalue weighted by Crippen LogP contribution is -2.38. The van der Waals surface area contributed by atoms with Crippen LogP contribution in [0, 0.1) is 5.92 Å². The van der Waals surface area contributed by atoms with Gasteiger partial charge in [-0.1, -0.05) is 25.5 Å². The van der Waals surface area contributed by atoms with Gasteiger partial charge in [-0.25, -0.2) is 0 Å². The number of amides is 1. The van der Waals surface area contributed by atoms with Gasteiger partial charge < -0.3 is 15.0 Å². The third-order valence-electron chi connectivity index (χ3n) is 5.11. The predicted octanol–water partition coefficient (Wildman–Crippen LogP) is 3.47. The van der Waals surface area contributed by atoms with Crippen LogP contribution in [-0.2, 0) is 0 Å². The van der Waals surface area contributed by atoms with Gasteiger partial charge in [0.1, 0.15) is 5.75 Å². The second kappa shape index (κ2) is 8.52. The van der Waals surface area contributed by atoms with Gasteiger partial charge in [-0.05, 0) is 63.2 Å². The molecular formula is C20H30N2O2. The summed E-state index contributed by atoms with van der Waals surface area (Å²) in [6.07, 6.45) is 7.70. The molecule has 1 N–H and O–H groups in total. The molecule has 0 spiro atoms. The molecule has 0 aromatic heterocycles. The first-order chi connectivity index (χ1) is 11.7. The number of likely N-dealkylation sites (tertiary alicyclic amines) is 1. The molecule has 1 atom stereocenters. The molecule has 24 heavy (non-hydrogen) atoms. The van der Waals surface area contributed by atoms with Crippen LogP contribution in [0.25, 0.3) is 0 Å². The fourth-order valence-electron chi connectivity index (χ4n) is 3.43. The predicted molar refractivity (Wildman–Crippen MR) is 96.5 cm³/mol. The minimum atomic E-state index is -0.0181. The summed E-state index contributed by atoms with van der Waals surface area (Å²) in [5.41, 5.74) is 0.662. The van der Waals surface area contributed by atoms with E-state index in [0.29, 0.717) is 18.0 Å². The Kier molecular flexibility index (Phi) is 6.13. The molecule has 1 aromatic rings. The number of carbonyl (C=O) groups is 1. The van der Waals surface area contributed by atoms with E-state index in [2.05, 4.69) is 17.1 Å². The minimum Gasteiger partial charge on any atom is -0.490 e. The quantitative estimate of drug-likeness (QED) is 0.832. The van der Waals surface area contributed by atoms with Gasteiger partial charge in [0.05, 0.1) is 11.7 Å². The molecule has 4 heteroatoms. The van der Waals surface area contributed by atoms with Crippen molar-refractivity contribution in [2.45, 2.75) is 51.6 Å². The summed E-state index contributed by atoms with van der Waals surface area (Å²) in [5, 5.41) is 3.09. The van der Waals surface area contributed by atoms with Crippen LogP contribution in [0.4, 0.5) is 0 Å². The number of nitrogens with zero attached hydrogens (tertiary/aromatic N) is 1. The number of piperidine rings is 1. The van der Waals surface area contributed by atoms with Crippen LogP contribution in [0.3, 0.4) is 0 Å². The summed E-state index contributed by atoms with van der Waals surface area (Å²) < 4.78 is 5.96. The first kappa shape index (κ1) is 17.3. The van der Waals surface area contributed by atoms with Gasteiger partial charge in [0.25, 0.3) is 5.91 Å². The lowest BCUT2D eigenvalue weighted by atomic mass is 9.96. The maximum absolute atomic E-state index is 12.5. The summed E-state index contributed by atoms with van der Waals surface area (Å²) >= 11 is 0. The van der Waals surface area contributed by atoms with Crippen molar-refractivity contribution >= 4 is 5.91 Å². The first-order valence-corrected chi connectivity index (χ1v) is 9.48. The molecule has 1 amide bonds.